The van der Waals surface area contributed by atoms with E-state index in [1.165, 1.54) is 0 Å². The Bertz CT molecular complexity index is 358. The van der Waals surface area contributed by atoms with Gasteiger partial charge in [0.25, 0.3) is 0 Å². The van der Waals surface area contributed by atoms with Crippen molar-refractivity contribution in [2.75, 3.05) is 6.61 Å². The minimum Gasteiger partial charge on any atom is -0.463 e. The summed E-state index contributed by atoms with van der Waals surface area (Å²) in [6.07, 6.45) is 3.76. The van der Waals surface area contributed by atoms with Crippen molar-refractivity contribution in [1.29, 1.82) is 5.41 Å². The standard InChI is InChI=1S/C11H16N2O4/c1-3-16-8(14)4-5-9(15)17-13-10(12)11(2)6-7-11/h4-5H,3,6-7H2,1-2H3,(H2,12,13)/b5-4+. The largest absolute Gasteiger partial charge is 0.463 e. The summed E-state index contributed by atoms with van der Waals surface area (Å²) in [5.74, 6) is -1.17. The Morgan fingerprint density at radius 1 is 1.35 bits per heavy atom. The summed E-state index contributed by atoms with van der Waals surface area (Å²) in [5.41, 5.74) is 2.08. The number of esters is 1. The van der Waals surface area contributed by atoms with Crippen molar-refractivity contribution in [3.05, 3.63) is 12.2 Å². The smallest absolute Gasteiger partial charge is 0.355 e. The van der Waals surface area contributed by atoms with Gasteiger partial charge in [-0.1, -0.05) is 6.92 Å². The third-order valence-corrected chi connectivity index (χ3v) is 2.50. The van der Waals surface area contributed by atoms with Crippen molar-refractivity contribution in [3.8, 4) is 0 Å². The van der Waals surface area contributed by atoms with Crippen molar-refractivity contribution in [2.24, 2.45) is 5.41 Å². The van der Waals surface area contributed by atoms with Crippen molar-refractivity contribution >= 4 is 17.8 Å². The number of nitrogens with one attached hydrogen (secondary N) is 2. The van der Waals surface area contributed by atoms with Crippen LogP contribution in [0, 0.1) is 10.8 Å². The first-order valence-corrected chi connectivity index (χ1v) is 5.38. The Kier molecular flexibility index (Phi) is 4.25. The molecule has 0 aromatic heterocycles. The van der Waals surface area contributed by atoms with Crippen LogP contribution in [-0.2, 0) is 19.2 Å². The molecule has 0 aromatic carbocycles. The average molecular weight is 240 g/mol. The summed E-state index contributed by atoms with van der Waals surface area (Å²) in [5, 5.41) is 7.57. The van der Waals surface area contributed by atoms with Gasteiger partial charge in [0.15, 0.2) is 0 Å². The van der Waals surface area contributed by atoms with Crippen LogP contribution in [0.5, 0.6) is 0 Å². The van der Waals surface area contributed by atoms with Gasteiger partial charge in [-0.15, -0.1) is 0 Å². The van der Waals surface area contributed by atoms with Gasteiger partial charge in [0, 0.05) is 17.6 Å². The fourth-order valence-corrected chi connectivity index (χ4v) is 1.02. The zero-order chi connectivity index (χ0) is 12.9. The van der Waals surface area contributed by atoms with Crippen molar-refractivity contribution < 1.29 is 19.2 Å². The van der Waals surface area contributed by atoms with Gasteiger partial charge in [-0.05, 0) is 19.8 Å². The fourth-order valence-electron chi connectivity index (χ4n) is 1.02. The zero-order valence-corrected chi connectivity index (χ0v) is 9.91. The van der Waals surface area contributed by atoms with E-state index in [4.69, 9.17) is 5.41 Å². The molecule has 1 aliphatic carbocycles. The molecule has 0 spiro atoms. The highest BCUT2D eigenvalue weighted by Gasteiger charge is 2.42. The molecule has 0 radical (unpaired) electrons. The van der Waals surface area contributed by atoms with E-state index in [0.29, 0.717) is 0 Å². The van der Waals surface area contributed by atoms with E-state index in [1.807, 2.05) is 6.92 Å². The van der Waals surface area contributed by atoms with E-state index < -0.39 is 11.9 Å². The van der Waals surface area contributed by atoms with Crippen molar-refractivity contribution in [1.82, 2.24) is 5.48 Å². The lowest BCUT2D eigenvalue weighted by Gasteiger charge is -2.11. The number of ether oxygens (including phenoxy) is 1. The quantitative estimate of drug-likeness (QED) is 0.251. The normalized spacial score (nSPS) is 16.4. The highest BCUT2D eigenvalue weighted by atomic mass is 16.7. The summed E-state index contributed by atoms with van der Waals surface area (Å²) < 4.78 is 4.59. The van der Waals surface area contributed by atoms with Gasteiger partial charge in [-0.2, -0.15) is 0 Å². The molecule has 1 saturated carbocycles. The molecule has 0 amide bonds. The maximum Gasteiger partial charge on any atom is 0.355 e. The topological polar surface area (TPSA) is 88.5 Å². The molecule has 0 bridgehead atoms. The van der Waals surface area contributed by atoms with Crippen molar-refractivity contribution in [2.45, 2.75) is 26.7 Å². The van der Waals surface area contributed by atoms with Gasteiger partial charge in [0.1, 0.15) is 5.84 Å². The molecular formula is C11H16N2O4. The van der Waals surface area contributed by atoms with Gasteiger partial charge in [-0.3, -0.25) is 5.41 Å². The molecule has 0 saturated heterocycles. The summed E-state index contributed by atoms with van der Waals surface area (Å²) >= 11 is 0. The molecule has 2 N–H and O–H groups in total. The van der Waals surface area contributed by atoms with Gasteiger partial charge in [0.2, 0.25) is 0 Å². The Labute approximate surface area is 99.4 Å². The number of rotatable bonds is 4. The third-order valence-electron chi connectivity index (χ3n) is 2.50. The molecule has 0 atom stereocenters. The van der Waals surface area contributed by atoms with Crippen LogP contribution in [0.15, 0.2) is 12.2 Å². The molecule has 1 aliphatic rings. The molecule has 0 aliphatic heterocycles. The highest BCUT2D eigenvalue weighted by Crippen LogP contribution is 2.45. The van der Waals surface area contributed by atoms with E-state index in [0.717, 1.165) is 25.0 Å². The highest BCUT2D eigenvalue weighted by molar-refractivity contribution is 5.93. The first-order chi connectivity index (χ1) is 7.98. The fraction of sp³-hybridized carbons (Fsp3) is 0.545. The number of amidine groups is 1. The maximum absolute atomic E-state index is 11.1. The van der Waals surface area contributed by atoms with Gasteiger partial charge < -0.3 is 9.57 Å². The Morgan fingerprint density at radius 3 is 2.47 bits per heavy atom. The van der Waals surface area contributed by atoms with E-state index in [1.54, 1.807) is 6.92 Å². The first kappa shape index (κ1) is 13.2. The third kappa shape index (κ3) is 4.26. The van der Waals surface area contributed by atoms with E-state index >= 15 is 0 Å². The van der Waals surface area contributed by atoms with Crippen LogP contribution in [0.25, 0.3) is 0 Å². The Morgan fingerprint density at radius 2 is 1.94 bits per heavy atom. The molecule has 0 unspecified atom stereocenters. The van der Waals surface area contributed by atoms with E-state index in [9.17, 15) is 9.59 Å². The van der Waals surface area contributed by atoms with Crippen LogP contribution in [0.1, 0.15) is 26.7 Å². The SMILES string of the molecule is CCOC(=O)/C=C/C(=O)ONC(=N)C1(C)CC1. The molecule has 6 heteroatoms. The minimum absolute atomic E-state index is 0.176. The zero-order valence-electron chi connectivity index (χ0n) is 9.91. The molecular weight excluding hydrogens is 224 g/mol. The second-order valence-electron chi connectivity index (χ2n) is 4.04. The molecule has 17 heavy (non-hydrogen) atoms. The lowest BCUT2D eigenvalue weighted by Crippen LogP contribution is -2.31. The molecule has 0 heterocycles. The van der Waals surface area contributed by atoms with Gasteiger partial charge >= 0.3 is 11.9 Å². The van der Waals surface area contributed by atoms with Crippen LogP contribution in [0.3, 0.4) is 0 Å². The van der Waals surface area contributed by atoms with Crippen LogP contribution in [0.4, 0.5) is 0 Å². The summed E-state index contributed by atoms with van der Waals surface area (Å²) in [7, 11) is 0. The summed E-state index contributed by atoms with van der Waals surface area (Å²) in [6.45, 7) is 3.83. The molecule has 0 aromatic rings. The maximum atomic E-state index is 11.1. The minimum atomic E-state index is -0.743. The Balaban J connectivity index is 2.25. The number of carbonyl (C=O) groups is 2. The van der Waals surface area contributed by atoms with Gasteiger partial charge in [0.05, 0.1) is 6.61 Å². The predicted molar refractivity (Wildman–Crippen MR) is 60.1 cm³/mol. The summed E-state index contributed by atoms with van der Waals surface area (Å²) in [6, 6.07) is 0. The lowest BCUT2D eigenvalue weighted by atomic mass is 10.1. The number of hydroxylamine groups is 1. The number of hydrogen-bond acceptors (Lipinski definition) is 5. The predicted octanol–water partition coefficient (Wildman–Crippen LogP) is 0.931. The monoisotopic (exact) mass is 240 g/mol. The van der Waals surface area contributed by atoms with Gasteiger partial charge in [-0.25, -0.2) is 15.1 Å². The van der Waals surface area contributed by atoms with Crippen molar-refractivity contribution in [3.63, 3.8) is 0 Å². The molecule has 1 fully saturated rings. The van der Waals surface area contributed by atoms with Crippen LogP contribution >= 0.6 is 0 Å². The van der Waals surface area contributed by atoms with Crippen LogP contribution < -0.4 is 5.48 Å². The van der Waals surface area contributed by atoms with E-state index in [2.05, 4.69) is 15.1 Å². The second-order valence-corrected chi connectivity index (χ2v) is 4.04. The Hall–Kier alpha value is -1.85. The van der Waals surface area contributed by atoms with E-state index in [-0.39, 0.29) is 17.9 Å². The molecule has 1 rings (SSSR count). The summed E-state index contributed by atoms with van der Waals surface area (Å²) in [4.78, 5) is 26.6. The van der Waals surface area contributed by atoms with Crippen LogP contribution in [0.2, 0.25) is 0 Å². The molecule has 94 valence electrons. The van der Waals surface area contributed by atoms with Crippen LogP contribution in [-0.4, -0.2) is 24.4 Å². The average Bonchev–Trinajstić information content (AvgIpc) is 3.03. The second kappa shape index (κ2) is 5.47. The number of carbonyl (C=O) groups excluding carboxylic acids is 2. The lowest BCUT2D eigenvalue weighted by molar-refractivity contribution is -0.143. The molecule has 6 nitrogen and oxygen atoms in total. The number of hydrogen-bond donors (Lipinski definition) is 2. The first-order valence-electron chi connectivity index (χ1n) is 5.38.